The summed E-state index contributed by atoms with van der Waals surface area (Å²) in [6.45, 7) is 12.1. The maximum absolute atomic E-state index is 13.9. The molecule has 8 nitrogen and oxygen atoms in total. The average Bonchev–Trinajstić information content (AvgIpc) is 3.67. The van der Waals surface area contributed by atoms with Gasteiger partial charge in [-0.2, -0.15) is 0 Å². The molecule has 4 aliphatic rings. The molecule has 1 saturated heterocycles. The molecule has 3 aromatic rings. The Morgan fingerprint density at radius 3 is 2.26 bits per heavy atom. The minimum Gasteiger partial charge on any atom is -0.469 e. The molecule has 2 aromatic heterocycles. The van der Waals surface area contributed by atoms with Crippen molar-refractivity contribution in [1.29, 1.82) is 0 Å². The molecular weight excluding hydrogens is 681 g/mol. The van der Waals surface area contributed by atoms with Crippen molar-refractivity contribution in [2.75, 3.05) is 20.2 Å². The van der Waals surface area contributed by atoms with Crippen molar-refractivity contribution >= 4 is 34.7 Å². The number of ether oxygens (including phenoxy) is 1. The Bertz CT molecular complexity index is 1820. The van der Waals surface area contributed by atoms with Gasteiger partial charge in [0.2, 0.25) is 5.91 Å². The number of benzene rings is 1. The maximum Gasteiger partial charge on any atom is 0.352 e. The number of carbonyl (C=O) groups excluding carboxylic acids is 3. The highest BCUT2D eigenvalue weighted by molar-refractivity contribution is 7.14. The molecule has 3 fully saturated rings. The Morgan fingerprint density at radius 2 is 1.66 bits per heavy atom. The molecule has 7 rings (SSSR count). The second kappa shape index (κ2) is 15.2. The van der Waals surface area contributed by atoms with Crippen molar-refractivity contribution in [3.63, 3.8) is 0 Å². The van der Waals surface area contributed by atoms with E-state index in [0.29, 0.717) is 30.7 Å². The number of hydrogen-bond donors (Lipinski definition) is 1. The van der Waals surface area contributed by atoms with E-state index in [1.165, 1.54) is 56.1 Å². The third kappa shape index (κ3) is 8.67. The molecule has 0 radical (unpaired) electrons. The summed E-state index contributed by atoms with van der Waals surface area (Å²) in [6.07, 6.45) is 16.8. The van der Waals surface area contributed by atoms with E-state index >= 15 is 0 Å². The van der Waals surface area contributed by atoms with Crippen LogP contribution in [0.25, 0.3) is 17.0 Å². The van der Waals surface area contributed by atoms with E-state index in [9.17, 15) is 14.4 Å². The molecule has 2 N–H and O–H groups in total. The molecule has 0 bridgehead atoms. The zero-order valence-electron chi connectivity index (χ0n) is 32.4. The smallest absolute Gasteiger partial charge is 0.352 e. The van der Waals surface area contributed by atoms with Crippen LogP contribution in [0.15, 0.2) is 54.9 Å². The van der Waals surface area contributed by atoms with Crippen LogP contribution in [0.4, 0.5) is 0 Å². The fraction of sp³-hybridized carbons (Fsp3) is 0.568. The number of amides is 2. The molecule has 9 heteroatoms. The fourth-order valence-electron chi connectivity index (χ4n) is 8.80. The van der Waals surface area contributed by atoms with Crippen LogP contribution in [0.1, 0.15) is 112 Å². The maximum atomic E-state index is 13.9. The molecule has 4 unspecified atom stereocenters. The first-order chi connectivity index (χ1) is 25.3. The highest BCUT2D eigenvalue weighted by Crippen LogP contribution is 2.45. The van der Waals surface area contributed by atoms with E-state index in [1.54, 1.807) is 16.2 Å². The highest BCUT2D eigenvalue weighted by atomic mass is 32.1. The van der Waals surface area contributed by atoms with Crippen LogP contribution in [0.2, 0.25) is 0 Å². The Kier molecular flexibility index (Phi) is 10.8. The molecule has 282 valence electrons. The molecular formula is C44H57N4O4S+. The van der Waals surface area contributed by atoms with Gasteiger partial charge in [0, 0.05) is 53.8 Å². The van der Waals surface area contributed by atoms with E-state index in [2.05, 4.69) is 52.8 Å². The summed E-state index contributed by atoms with van der Waals surface area (Å²) in [6, 6.07) is 12.3. The standard InChI is InChI=1S/C44H56N4O4S/c1-43(2,3)38-16-15-37(53-38)40(49)47-36-22-34(36)35(41(50)48-25-33(26-48)42(51)52-6)21-27-7-9-31(10-8-27)39-45-23-32(24-46-39)29-13-11-28(12-14-29)30-17-19-44(4,5)20-18-30/h7-10,13,15-16,23-24,28,30,33-36H,11-12,14,17-22,25-26H2,1-6H3,(H,47,49)/p+1. The van der Waals surface area contributed by atoms with Crippen LogP contribution < -0.4 is 5.32 Å². The van der Waals surface area contributed by atoms with E-state index in [1.807, 2.05) is 42.0 Å². The van der Waals surface area contributed by atoms with Gasteiger partial charge in [0.05, 0.1) is 25.0 Å². The lowest BCUT2D eigenvalue weighted by Crippen LogP contribution is -2.90. The number of allylic oxidation sites excluding steroid dienone is 2. The largest absolute Gasteiger partial charge is 0.469 e. The Labute approximate surface area is 319 Å². The average molecular weight is 738 g/mol. The lowest BCUT2D eigenvalue weighted by atomic mass is 9.67. The van der Waals surface area contributed by atoms with Crippen LogP contribution in [0, 0.1) is 35.0 Å². The molecule has 53 heavy (non-hydrogen) atoms. The number of hydrogen-bond acceptors (Lipinski definition) is 7. The van der Waals surface area contributed by atoms with Gasteiger partial charge in [-0.15, -0.1) is 11.3 Å². The lowest BCUT2D eigenvalue weighted by Gasteiger charge is -2.39. The number of rotatable bonds is 10. The Morgan fingerprint density at radius 1 is 0.962 bits per heavy atom. The zero-order chi connectivity index (χ0) is 37.5. The minimum absolute atomic E-state index is 0.00356. The normalized spacial score (nSPS) is 23.8. The molecule has 2 amide bonds. The minimum atomic E-state index is -0.272. The molecule has 1 aliphatic heterocycles. The summed E-state index contributed by atoms with van der Waals surface area (Å²) in [4.78, 5) is 52.5. The number of carbonyl (C=O) groups is 3. The number of nitrogens with zero attached hydrogens (tertiary/aromatic N) is 3. The van der Waals surface area contributed by atoms with Crippen molar-refractivity contribution < 1.29 is 24.4 Å². The van der Waals surface area contributed by atoms with Crippen molar-refractivity contribution in [1.82, 2.24) is 14.9 Å². The molecule has 0 spiro atoms. The van der Waals surface area contributed by atoms with Crippen molar-refractivity contribution in [2.24, 2.45) is 35.0 Å². The van der Waals surface area contributed by atoms with Gasteiger partial charge in [-0.1, -0.05) is 65.0 Å². The predicted molar refractivity (Wildman–Crippen MR) is 209 cm³/mol. The highest BCUT2D eigenvalue weighted by Gasteiger charge is 2.52. The van der Waals surface area contributed by atoms with Crippen LogP contribution in [0.5, 0.6) is 0 Å². The zero-order valence-corrected chi connectivity index (χ0v) is 33.2. The van der Waals surface area contributed by atoms with Crippen LogP contribution in [-0.2, 0) is 26.2 Å². The van der Waals surface area contributed by atoms with E-state index in [4.69, 9.17) is 14.7 Å². The van der Waals surface area contributed by atoms with E-state index in [0.717, 1.165) is 46.2 Å². The number of quaternary nitrogens is 1. The number of methoxy groups -OCH3 is 1. The molecule has 4 atom stereocenters. The van der Waals surface area contributed by atoms with E-state index < -0.39 is 0 Å². The number of likely N-dealkylation sites (tertiary alicyclic amines) is 1. The first kappa shape index (κ1) is 37.6. The summed E-state index contributed by atoms with van der Waals surface area (Å²) in [5.74, 6) is 1.75. The Hall–Kier alpha value is -3.69. The first-order valence-corrected chi connectivity index (χ1v) is 20.6. The third-order valence-electron chi connectivity index (χ3n) is 12.6. The van der Waals surface area contributed by atoms with Crippen molar-refractivity contribution in [2.45, 2.75) is 104 Å². The lowest BCUT2D eigenvalue weighted by molar-refractivity contribution is -0.573. The van der Waals surface area contributed by atoms with Gasteiger partial charge in [-0.05, 0) is 97.3 Å². The first-order valence-electron chi connectivity index (χ1n) is 19.7. The number of primary amides is 1. The summed E-state index contributed by atoms with van der Waals surface area (Å²) in [5, 5.41) is 1.83. The summed E-state index contributed by atoms with van der Waals surface area (Å²) >= 11 is 1.56. The van der Waals surface area contributed by atoms with Gasteiger partial charge in [0.1, 0.15) is 4.88 Å². The predicted octanol–water partition coefficient (Wildman–Crippen LogP) is 7.48. The second-order valence-corrected chi connectivity index (χ2v) is 19.1. The van der Waals surface area contributed by atoms with Crippen LogP contribution in [0.3, 0.4) is 0 Å². The van der Waals surface area contributed by atoms with Gasteiger partial charge in [-0.25, -0.2) is 14.8 Å². The quantitative estimate of drug-likeness (QED) is 0.216. The van der Waals surface area contributed by atoms with Gasteiger partial charge in [-0.3, -0.25) is 14.9 Å². The van der Waals surface area contributed by atoms with Gasteiger partial charge >= 0.3 is 11.9 Å². The number of esters is 1. The molecule has 3 aliphatic carbocycles. The fourth-order valence-corrected chi connectivity index (χ4v) is 9.78. The topological polar surface area (TPSA) is 106 Å². The number of nitrogens with two attached hydrogens (primary N) is 1. The summed E-state index contributed by atoms with van der Waals surface area (Å²) < 4.78 is 4.91. The van der Waals surface area contributed by atoms with E-state index in [-0.39, 0.29) is 47.0 Å². The van der Waals surface area contributed by atoms with Gasteiger partial charge in [0.15, 0.2) is 5.82 Å². The van der Waals surface area contributed by atoms with Crippen LogP contribution >= 0.6 is 11.3 Å². The number of thiophene rings is 1. The monoisotopic (exact) mass is 737 g/mol. The van der Waals surface area contributed by atoms with Crippen LogP contribution in [-0.4, -0.2) is 58.9 Å². The SMILES string of the molecule is COC(=O)C1CN(C(=O)C(Cc2ccc(-c3ncc(C4=CCC(C5CCC(C)(C)CC5)CC4)cn3)cc2)C2CC2[NH2+]C(=O)c2ccc(C(C)(C)C)s2)C1. The van der Waals surface area contributed by atoms with Crippen molar-refractivity contribution in [3.05, 3.63) is 75.7 Å². The Balaban J connectivity index is 0.981. The summed E-state index contributed by atoms with van der Waals surface area (Å²) in [7, 11) is 1.39. The number of aromatic nitrogens is 2. The molecule has 3 heterocycles. The molecule has 2 saturated carbocycles. The van der Waals surface area contributed by atoms with Crippen molar-refractivity contribution in [3.8, 4) is 11.4 Å². The van der Waals surface area contributed by atoms with Gasteiger partial charge in [0.25, 0.3) is 0 Å². The summed E-state index contributed by atoms with van der Waals surface area (Å²) in [5.41, 5.74) is 5.01. The molecule has 1 aromatic carbocycles. The second-order valence-electron chi connectivity index (χ2n) is 18.0. The third-order valence-corrected chi connectivity index (χ3v) is 14.1. The van der Waals surface area contributed by atoms with Gasteiger partial charge < -0.3 is 9.64 Å².